The third kappa shape index (κ3) is 2.03. The number of rotatable bonds is 1. The Morgan fingerprint density at radius 1 is 1.27 bits per heavy atom. The fourth-order valence-corrected chi connectivity index (χ4v) is 2.91. The Bertz CT molecular complexity index is 284. The lowest BCUT2D eigenvalue weighted by atomic mass is 9.66. The van der Waals surface area contributed by atoms with Crippen LogP contribution < -0.4 is 5.32 Å². The van der Waals surface area contributed by atoms with Gasteiger partial charge in [-0.25, -0.2) is 4.79 Å². The predicted molar refractivity (Wildman–Crippen MR) is 54.5 cm³/mol. The SMILES string of the molecule is C=C1CC2CC(=O)CC(C1)C2NC(=O)O. The topological polar surface area (TPSA) is 66.4 Å². The lowest BCUT2D eigenvalue weighted by Crippen LogP contribution is -2.51. The highest BCUT2D eigenvalue weighted by Crippen LogP contribution is 2.40. The third-order valence-electron chi connectivity index (χ3n) is 3.39. The van der Waals surface area contributed by atoms with Crippen molar-refractivity contribution in [2.24, 2.45) is 11.8 Å². The van der Waals surface area contributed by atoms with Gasteiger partial charge >= 0.3 is 6.09 Å². The quantitative estimate of drug-likeness (QED) is 0.644. The number of fused-ring (bicyclic) bond motifs is 2. The number of carboxylic acid groups (broad SMARTS) is 1. The van der Waals surface area contributed by atoms with Crippen LogP contribution in [0.15, 0.2) is 12.2 Å². The van der Waals surface area contributed by atoms with Crippen LogP contribution in [0, 0.1) is 11.8 Å². The van der Waals surface area contributed by atoms with Gasteiger partial charge in [0.2, 0.25) is 0 Å². The van der Waals surface area contributed by atoms with Gasteiger partial charge in [0, 0.05) is 18.9 Å². The Hall–Kier alpha value is -1.32. The number of ketones is 1. The smallest absolute Gasteiger partial charge is 0.404 e. The van der Waals surface area contributed by atoms with E-state index in [1.807, 2.05) is 0 Å². The summed E-state index contributed by atoms with van der Waals surface area (Å²) in [6.07, 6.45) is 1.58. The molecule has 2 aliphatic rings. The van der Waals surface area contributed by atoms with Crippen molar-refractivity contribution in [3.63, 3.8) is 0 Å². The summed E-state index contributed by atoms with van der Waals surface area (Å²) in [4.78, 5) is 22.1. The molecule has 2 unspecified atom stereocenters. The second kappa shape index (κ2) is 3.68. The number of amides is 1. The highest BCUT2D eigenvalue weighted by molar-refractivity contribution is 5.80. The van der Waals surface area contributed by atoms with Gasteiger partial charge in [-0.3, -0.25) is 4.79 Å². The lowest BCUT2D eigenvalue weighted by Gasteiger charge is -2.42. The minimum absolute atomic E-state index is 0.0503. The zero-order valence-electron chi connectivity index (χ0n) is 8.53. The number of Topliss-reactive ketones (excluding diaryl/α,β-unsaturated/α-hetero) is 1. The Kier molecular flexibility index (Phi) is 2.50. The summed E-state index contributed by atoms with van der Waals surface area (Å²) in [7, 11) is 0. The molecule has 4 heteroatoms. The summed E-state index contributed by atoms with van der Waals surface area (Å²) in [5.41, 5.74) is 1.15. The fourth-order valence-electron chi connectivity index (χ4n) is 2.91. The van der Waals surface area contributed by atoms with Crippen molar-refractivity contribution in [1.29, 1.82) is 0 Å². The van der Waals surface area contributed by atoms with Crippen molar-refractivity contribution in [1.82, 2.24) is 5.32 Å². The molecule has 0 aromatic carbocycles. The second-order valence-electron chi connectivity index (χ2n) is 4.60. The van der Waals surface area contributed by atoms with Gasteiger partial charge in [-0.2, -0.15) is 0 Å². The molecule has 2 aliphatic carbocycles. The molecule has 1 amide bonds. The van der Waals surface area contributed by atoms with E-state index in [0.29, 0.717) is 12.8 Å². The van der Waals surface area contributed by atoms with E-state index in [-0.39, 0.29) is 23.7 Å². The summed E-state index contributed by atoms with van der Waals surface area (Å²) < 4.78 is 0. The molecule has 0 aromatic heterocycles. The predicted octanol–water partition coefficient (Wildman–Crippen LogP) is 1.57. The molecule has 2 rings (SSSR count). The zero-order chi connectivity index (χ0) is 11.0. The van der Waals surface area contributed by atoms with Crippen LogP contribution in [0.1, 0.15) is 25.7 Å². The maximum absolute atomic E-state index is 11.4. The molecule has 2 saturated carbocycles. The maximum Gasteiger partial charge on any atom is 0.404 e. The molecule has 0 radical (unpaired) electrons. The van der Waals surface area contributed by atoms with E-state index >= 15 is 0 Å². The van der Waals surface area contributed by atoms with Crippen LogP contribution in [0.2, 0.25) is 0 Å². The molecule has 2 fully saturated rings. The molecular formula is C11H15NO3. The standard InChI is InChI=1S/C11H15NO3/c1-6-2-7-4-9(13)5-8(3-6)10(7)12-11(14)15/h7-8,10,12H,1-5H2,(H,14,15). The average molecular weight is 209 g/mol. The molecule has 2 N–H and O–H groups in total. The number of hydrogen-bond donors (Lipinski definition) is 2. The molecule has 2 bridgehead atoms. The van der Waals surface area contributed by atoms with Crippen LogP contribution in [-0.4, -0.2) is 23.0 Å². The summed E-state index contributed by atoms with van der Waals surface area (Å²) in [6, 6.07) is -0.0503. The van der Waals surface area contributed by atoms with Gasteiger partial charge in [0.25, 0.3) is 0 Å². The van der Waals surface area contributed by atoms with Gasteiger partial charge in [-0.15, -0.1) is 0 Å². The van der Waals surface area contributed by atoms with E-state index in [2.05, 4.69) is 11.9 Å². The van der Waals surface area contributed by atoms with Gasteiger partial charge < -0.3 is 10.4 Å². The first kappa shape index (κ1) is 10.2. The maximum atomic E-state index is 11.4. The van der Waals surface area contributed by atoms with Crippen molar-refractivity contribution in [3.05, 3.63) is 12.2 Å². The Balaban J connectivity index is 2.14. The van der Waals surface area contributed by atoms with Crippen LogP contribution >= 0.6 is 0 Å². The Morgan fingerprint density at radius 2 is 1.80 bits per heavy atom. The van der Waals surface area contributed by atoms with Gasteiger partial charge in [0.15, 0.2) is 0 Å². The van der Waals surface area contributed by atoms with E-state index < -0.39 is 6.09 Å². The number of carbonyl (C=O) groups excluding carboxylic acids is 1. The zero-order valence-corrected chi connectivity index (χ0v) is 8.53. The summed E-state index contributed by atoms with van der Waals surface area (Å²) in [5.74, 6) is 0.531. The van der Waals surface area contributed by atoms with Gasteiger partial charge in [-0.05, 0) is 24.7 Å². The monoisotopic (exact) mass is 209 g/mol. The largest absolute Gasteiger partial charge is 0.465 e. The lowest BCUT2D eigenvalue weighted by molar-refractivity contribution is -0.124. The van der Waals surface area contributed by atoms with Gasteiger partial charge in [0.1, 0.15) is 5.78 Å². The van der Waals surface area contributed by atoms with Crippen molar-refractivity contribution in [3.8, 4) is 0 Å². The van der Waals surface area contributed by atoms with Crippen molar-refractivity contribution < 1.29 is 14.7 Å². The van der Waals surface area contributed by atoms with E-state index in [1.165, 1.54) is 0 Å². The fraction of sp³-hybridized carbons (Fsp3) is 0.636. The molecule has 2 atom stereocenters. The van der Waals surface area contributed by atoms with Crippen LogP contribution in [0.3, 0.4) is 0 Å². The third-order valence-corrected chi connectivity index (χ3v) is 3.39. The minimum atomic E-state index is -0.989. The molecule has 4 nitrogen and oxygen atoms in total. The molecule has 0 aliphatic heterocycles. The normalized spacial score (nSPS) is 35.1. The van der Waals surface area contributed by atoms with E-state index in [9.17, 15) is 9.59 Å². The van der Waals surface area contributed by atoms with Crippen molar-refractivity contribution in [2.45, 2.75) is 31.7 Å². The highest BCUT2D eigenvalue weighted by atomic mass is 16.4. The Morgan fingerprint density at radius 3 is 2.27 bits per heavy atom. The first-order valence-corrected chi connectivity index (χ1v) is 5.24. The minimum Gasteiger partial charge on any atom is -0.465 e. The second-order valence-corrected chi connectivity index (χ2v) is 4.60. The van der Waals surface area contributed by atoms with E-state index in [4.69, 9.17) is 5.11 Å². The molecule has 0 spiro atoms. The van der Waals surface area contributed by atoms with E-state index in [0.717, 1.165) is 18.4 Å². The molecule has 82 valence electrons. The number of allylic oxidation sites excluding steroid dienone is 1. The van der Waals surface area contributed by atoms with Crippen LogP contribution in [-0.2, 0) is 4.79 Å². The first-order valence-electron chi connectivity index (χ1n) is 5.24. The summed E-state index contributed by atoms with van der Waals surface area (Å²) >= 11 is 0. The van der Waals surface area contributed by atoms with Crippen LogP contribution in [0.25, 0.3) is 0 Å². The molecule has 0 saturated heterocycles. The van der Waals surface area contributed by atoms with Gasteiger partial charge in [-0.1, -0.05) is 12.2 Å². The number of hydrogen-bond acceptors (Lipinski definition) is 2. The first-order chi connectivity index (χ1) is 7.06. The van der Waals surface area contributed by atoms with Crippen molar-refractivity contribution >= 4 is 11.9 Å². The molecule has 15 heavy (non-hydrogen) atoms. The highest BCUT2D eigenvalue weighted by Gasteiger charge is 2.41. The molecule has 0 heterocycles. The van der Waals surface area contributed by atoms with Crippen molar-refractivity contribution in [2.75, 3.05) is 0 Å². The molecule has 0 aromatic rings. The number of nitrogens with one attached hydrogen (secondary N) is 1. The summed E-state index contributed by atoms with van der Waals surface area (Å²) in [5, 5.41) is 11.3. The van der Waals surface area contributed by atoms with Crippen LogP contribution in [0.5, 0.6) is 0 Å². The average Bonchev–Trinajstić information content (AvgIpc) is 2.06. The molecular weight excluding hydrogens is 194 g/mol. The summed E-state index contributed by atoms with van der Waals surface area (Å²) in [6.45, 7) is 3.95. The van der Waals surface area contributed by atoms with Crippen LogP contribution in [0.4, 0.5) is 4.79 Å². The number of carbonyl (C=O) groups is 2. The van der Waals surface area contributed by atoms with E-state index in [1.54, 1.807) is 0 Å². The van der Waals surface area contributed by atoms with Gasteiger partial charge in [0.05, 0.1) is 0 Å². The Labute approximate surface area is 88.4 Å².